The molecule has 0 atom stereocenters. The first kappa shape index (κ1) is 16.8. The third-order valence-corrected chi connectivity index (χ3v) is 4.34. The highest BCUT2D eigenvalue weighted by Gasteiger charge is 2.14. The number of hydrogen-bond acceptors (Lipinski definition) is 6. The molecule has 3 heterocycles. The Morgan fingerprint density at radius 1 is 1.15 bits per heavy atom. The van der Waals surface area contributed by atoms with Crippen LogP contribution in [0.1, 0.15) is 12.5 Å². The lowest BCUT2D eigenvalue weighted by molar-refractivity contribution is 0.467. The number of nitrogens with one attached hydrogen (secondary N) is 1. The van der Waals surface area contributed by atoms with Crippen molar-refractivity contribution in [3.05, 3.63) is 69.3 Å². The van der Waals surface area contributed by atoms with Crippen LogP contribution in [0.15, 0.2) is 56.9 Å². The van der Waals surface area contributed by atoms with E-state index in [1.807, 2.05) is 6.92 Å². The number of aromatic amines is 1. The average molecular weight is 364 g/mol. The zero-order chi connectivity index (χ0) is 19.0. The molecule has 0 saturated carbocycles. The highest BCUT2D eigenvalue weighted by atomic mass is 16.5. The molecule has 0 amide bonds. The molecule has 1 N–H and O–H groups in total. The Bertz CT molecular complexity index is 1240. The molecule has 0 saturated heterocycles. The van der Waals surface area contributed by atoms with E-state index in [-0.39, 0.29) is 5.56 Å². The molecule has 0 aliphatic carbocycles. The fourth-order valence-electron chi connectivity index (χ4n) is 3.00. The molecule has 0 aliphatic heterocycles. The highest BCUT2D eigenvalue weighted by Crippen LogP contribution is 2.29. The van der Waals surface area contributed by atoms with Crippen molar-refractivity contribution in [2.24, 2.45) is 7.05 Å². The van der Waals surface area contributed by atoms with Crippen molar-refractivity contribution in [3.8, 4) is 22.9 Å². The van der Waals surface area contributed by atoms with Gasteiger partial charge in [-0.25, -0.2) is 14.8 Å². The summed E-state index contributed by atoms with van der Waals surface area (Å²) in [5.41, 5.74) is 1.54. The van der Waals surface area contributed by atoms with Crippen LogP contribution >= 0.6 is 0 Å². The van der Waals surface area contributed by atoms with E-state index >= 15 is 0 Å². The molecule has 0 unspecified atom stereocenters. The van der Waals surface area contributed by atoms with Gasteiger partial charge < -0.3 is 9.15 Å². The van der Waals surface area contributed by atoms with Gasteiger partial charge in [0.1, 0.15) is 17.5 Å². The maximum absolute atomic E-state index is 12.1. The van der Waals surface area contributed by atoms with Crippen LogP contribution in [0.5, 0.6) is 11.6 Å². The van der Waals surface area contributed by atoms with Gasteiger partial charge in [-0.15, -0.1) is 0 Å². The van der Waals surface area contributed by atoms with Crippen LogP contribution in [0.3, 0.4) is 0 Å². The number of H-pyrrole nitrogens is 1. The van der Waals surface area contributed by atoms with Crippen molar-refractivity contribution in [2.45, 2.75) is 13.3 Å². The SMILES string of the molecule is CCc1c(-c2ccc(Oc3ncnc4occc34)cc2)n(C)c(=O)[nH]c1=O. The predicted octanol–water partition coefficient (Wildman–Crippen LogP) is 2.63. The fourth-order valence-corrected chi connectivity index (χ4v) is 3.00. The zero-order valence-electron chi connectivity index (χ0n) is 14.7. The van der Waals surface area contributed by atoms with Gasteiger partial charge in [-0.2, -0.15) is 0 Å². The topological polar surface area (TPSA) is 103 Å². The standard InChI is InChI=1S/C19H16N4O4/c1-3-13-15(23(2)19(25)22-16(13)24)11-4-6-12(7-5-11)27-18-14-8-9-26-17(14)20-10-21-18/h4-10H,3H2,1-2H3,(H,22,24,25). The maximum atomic E-state index is 12.1. The molecular weight excluding hydrogens is 348 g/mol. The third-order valence-electron chi connectivity index (χ3n) is 4.34. The molecule has 0 aliphatic rings. The van der Waals surface area contributed by atoms with Crippen molar-refractivity contribution < 1.29 is 9.15 Å². The quantitative estimate of drug-likeness (QED) is 0.597. The van der Waals surface area contributed by atoms with Gasteiger partial charge in [-0.1, -0.05) is 6.92 Å². The number of fused-ring (bicyclic) bond motifs is 1. The zero-order valence-corrected chi connectivity index (χ0v) is 14.7. The second kappa shape index (κ2) is 6.56. The number of benzene rings is 1. The smallest absolute Gasteiger partial charge is 0.328 e. The Balaban J connectivity index is 1.73. The first-order chi connectivity index (χ1) is 13.1. The number of ether oxygens (including phenoxy) is 1. The normalized spacial score (nSPS) is 11.0. The van der Waals surface area contributed by atoms with Gasteiger partial charge in [0.05, 0.1) is 12.0 Å². The summed E-state index contributed by atoms with van der Waals surface area (Å²) < 4.78 is 12.5. The lowest BCUT2D eigenvalue weighted by Crippen LogP contribution is -2.32. The molecule has 27 heavy (non-hydrogen) atoms. The first-order valence-electron chi connectivity index (χ1n) is 8.37. The monoisotopic (exact) mass is 364 g/mol. The first-order valence-corrected chi connectivity index (χ1v) is 8.37. The van der Waals surface area contributed by atoms with Gasteiger partial charge in [-0.05, 0) is 42.3 Å². The summed E-state index contributed by atoms with van der Waals surface area (Å²) in [6.45, 7) is 1.88. The number of aromatic nitrogens is 4. The Labute approximate surface area is 153 Å². The van der Waals surface area contributed by atoms with Crippen LogP contribution in [0.2, 0.25) is 0 Å². The summed E-state index contributed by atoms with van der Waals surface area (Å²) in [5.74, 6) is 0.951. The van der Waals surface area contributed by atoms with Gasteiger partial charge in [-0.3, -0.25) is 14.3 Å². The van der Waals surface area contributed by atoms with Crippen molar-refractivity contribution in [1.29, 1.82) is 0 Å². The molecular formula is C19H16N4O4. The van der Waals surface area contributed by atoms with Gasteiger partial charge >= 0.3 is 5.69 Å². The minimum atomic E-state index is -0.448. The lowest BCUT2D eigenvalue weighted by atomic mass is 10.0. The summed E-state index contributed by atoms with van der Waals surface area (Å²) in [5, 5.41) is 0.673. The predicted molar refractivity (Wildman–Crippen MR) is 99.0 cm³/mol. The number of hydrogen-bond donors (Lipinski definition) is 1. The molecule has 4 aromatic rings. The summed E-state index contributed by atoms with van der Waals surface area (Å²) in [6.07, 6.45) is 3.40. The molecule has 8 heteroatoms. The summed E-state index contributed by atoms with van der Waals surface area (Å²) >= 11 is 0. The minimum Gasteiger partial charge on any atom is -0.446 e. The average Bonchev–Trinajstić information content (AvgIpc) is 3.15. The molecule has 0 radical (unpaired) electrons. The van der Waals surface area contributed by atoms with Crippen LogP contribution < -0.4 is 16.0 Å². The van der Waals surface area contributed by atoms with Gasteiger partial charge in [0.25, 0.3) is 5.56 Å². The van der Waals surface area contributed by atoms with Crippen LogP contribution in [0, 0.1) is 0 Å². The summed E-state index contributed by atoms with van der Waals surface area (Å²) in [7, 11) is 1.63. The molecule has 136 valence electrons. The molecule has 4 rings (SSSR count). The van der Waals surface area contributed by atoms with Crippen molar-refractivity contribution in [1.82, 2.24) is 19.5 Å². The van der Waals surface area contributed by atoms with Crippen LogP contribution in [-0.2, 0) is 13.5 Å². The van der Waals surface area contributed by atoms with Crippen molar-refractivity contribution in [3.63, 3.8) is 0 Å². The molecule has 3 aromatic heterocycles. The Kier molecular flexibility index (Phi) is 4.08. The van der Waals surface area contributed by atoms with Crippen LogP contribution in [0.25, 0.3) is 22.4 Å². The Morgan fingerprint density at radius 3 is 2.67 bits per heavy atom. The molecule has 1 aromatic carbocycles. The van der Waals surface area contributed by atoms with E-state index in [9.17, 15) is 9.59 Å². The van der Waals surface area contributed by atoms with E-state index in [2.05, 4.69) is 15.0 Å². The summed E-state index contributed by atoms with van der Waals surface area (Å²) in [4.78, 5) is 34.6. The van der Waals surface area contributed by atoms with Gasteiger partial charge in [0.2, 0.25) is 11.6 Å². The van der Waals surface area contributed by atoms with E-state index in [1.54, 1.807) is 37.4 Å². The highest BCUT2D eigenvalue weighted by molar-refractivity contribution is 5.78. The van der Waals surface area contributed by atoms with E-state index < -0.39 is 5.69 Å². The van der Waals surface area contributed by atoms with E-state index in [0.717, 1.165) is 5.56 Å². The second-order valence-electron chi connectivity index (χ2n) is 5.94. The number of rotatable bonds is 4. The minimum absolute atomic E-state index is 0.362. The Hall–Kier alpha value is -3.68. The largest absolute Gasteiger partial charge is 0.446 e. The molecule has 0 spiro atoms. The van der Waals surface area contributed by atoms with Crippen LogP contribution in [-0.4, -0.2) is 19.5 Å². The molecule has 0 fully saturated rings. The summed E-state index contributed by atoms with van der Waals surface area (Å²) in [6, 6.07) is 8.86. The van der Waals surface area contributed by atoms with Gasteiger partial charge in [0, 0.05) is 12.6 Å². The number of nitrogens with zero attached hydrogens (tertiary/aromatic N) is 3. The fraction of sp³-hybridized carbons (Fsp3) is 0.158. The Morgan fingerprint density at radius 2 is 1.93 bits per heavy atom. The molecule has 0 bridgehead atoms. The van der Waals surface area contributed by atoms with Crippen molar-refractivity contribution in [2.75, 3.05) is 0 Å². The van der Waals surface area contributed by atoms with E-state index in [4.69, 9.17) is 9.15 Å². The van der Waals surface area contributed by atoms with Gasteiger partial charge in [0.15, 0.2) is 0 Å². The van der Waals surface area contributed by atoms with E-state index in [0.29, 0.717) is 40.4 Å². The third kappa shape index (κ3) is 2.91. The maximum Gasteiger partial charge on any atom is 0.328 e. The molecule has 8 nitrogen and oxygen atoms in total. The second-order valence-corrected chi connectivity index (χ2v) is 5.94. The van der Waals surface area contributed by atoms with E-state index in [1.165, 1.54) is 17.2 Å². The van der Waals surface area contributed by atoms with Crippen molar-refractivity contribution >= 4 is 11.1 Å². The lowest BCUT2D eigenvalue weighted by Gasteiger charge is -2.13. The van der Waals surface area contributed by atoms with Crippen LogP contribution in [0.4, 0.5) is 0 Å². The number of furan rings is 1.